The van der Waals surface area contributed by atoms with Gasteiger partial charge in [-0.3, -0.25) is 9.69 Å². The van der Waals surface area contributed by atoms with Gasteiger partial charge in [0.15, 0.2) is 0 Å². The summed E-state index contributed by atoms with van der Waals surface area (Å²) in [7, 11) is 0. The van der Waals surface area contributed by atoms with Gasteiger partial charge in [0.05, 0.1) is 19.3 Å². The van der Waals surface area contributed by atoms with Gasteiger partial charge in [-0.25, -0.2) is 0 Å². The molecule has 47 heavy (non-hydrogen) atoms. The van der Waals surface area contributed by atoms with Gasteiger partial charge in [0, 0.05) is 38.6 Å². The molecule has 0 fully saturated rings. The van der Waals surface area contributed by atoms with Crippen LogP contribution in [0.2, 0.25) is 0 Å². The number of carbonyl (C=O) groups excluding carboxylic acids is 1. The molecule has 0 aromatic carbocycles. The summed E-state index contributed by atoms with van der Waals surface area (Å²) in [6.07, 6.45) is 34.8. The highest BCUT2D eigenvalue weighted by atomic mass is 35.5. The first-order valence-electron chi connectivity index (χ1n) is 20.8. The molecule has 0 N–H and O–H groups in total. The molecule has 0 heterocycles. The van der Waals surface area contributed by atoms with Crippen LogP contribution in [0.3, 0.4) is 0 Å². The van der Waals surface area contributed by atoms with Crippen LogP contribution < -0.4 is 0 Å². The third-order valence-corrected chi connectivity index (χ3v) is 9.45. The largest absolute Gasteiger partial charge is 0.466 e. The maximum atomic E-state index is 12.2. The van der Waals surface area contributed by atoms with E-state index in [1.165, 1.54) is 135 Å². The van der Waals surface area contributed by atoms with Crippen LogP contribution in [0.4, 0.5) is 0 Å². The number of hydrogen-bond acceptors (Lipinski definition) is 5. The zero-order chi connectivity index (χ0) is 34.3. The Bertz CT molecular complexity index is 608. The maximum absolute atomic E-state index is 12.2. The van der Waals surface area contributed by atoms with Gasteiger partial charge in [-0.15, -0.1) is 11.6 Å². The molecule has 0 amide bonds. The Morgan fingerprint density at radius 3 is 1.49 bits per heavy atom. The molecule has 0 aliphatic carbocycles. The Morgan fingerprint density at radius 2 is 0.979 bits per heavy atom. The molecule has 0 aromatic heterocycles. The lowest BCUT2D eigenvalue weighted by molar-refractivity contribution is -0.143. The summed E-state index contributed by atoms with van der Waals surface area (Å²) < 4.78 is 18.0. The van der Waals surface area contributed by atoms with E-state index in [9.17, 15) is 4.79 Å². The topological polar surface area (TPSA) is 48.0 Å². The molecular weight excluding hydrogens is 606 g/mol. The number of rotatable bonds is 40. The van der Waals surface area contributed by atoms with Crippen LogP contribution in [0.25, 0.3) is 0 Å². The molecule has 6 heteroatoms. The monoisotopic (exact) mass is 688 g/mol. The summed E-state index contributed by atoms with van der Waals surface area (Å²) >= 11 is 6.21. The summed E-state index contributed by atoms with van der Waals surface area (Å²) in [5, 5.41) is 0. The maximum Gasteiger partial charge on any atom is 0.305 e. The van der Waals surface area contributed by atoms with Crippen molar-refractivity contribution in [2.75, 3.05) is 51.9 Å². The van der Waals surface area contributed by atoms with Crippen molar-refractivity contribution in [1.29, 1.82) is 0 Å². The summed E-state index contributed by atoms with van der Waals surface area (Å²) in [5.41, 5.74) is 0. The van der Waals surface area contributed by atoms with Crippen LogP contribution in [0.15, 0.2) is 0 Å². The van der Waals surface area contributed by atoms with Gasteiger partial charge in [-0.1, -0.05) is 162 Å². The third kappa shape index (κ3) is 36.7. The van der Waals surface area contributed by atoms with Gasteiger partial charge >= 0.3 is 5.97 Å². The van der Waals surface area contributed by atoms with Gasteiger partial charge in [0.25, 0.3) is 0 Å². The third-order valence-electron chi connectivity index (χ3n) is 9.28. The number of hydrogen-bond donors (Lipinski definition) is 0. The highest BCUT2D eigenvalue weighted by Gasteiger charge is 2.15. The van der Waals surface area contributed by atoms with Crippen molar-refractivity contribution in [2.45, 2.75) is 207 Å². The lowest BCUT2D eigenvalue weighted by Gasteiger charge is -2.27. The zero-order valence-corrected chi connectivity index (χ0v) is 32.7. The lowest BCUT2D eigenvalue weighted by Crippen LogP contribution is -2.38. The van der Waals surface area contributed by atoms with Crippen LogP contribution >= 0.6 is 11.6 Å². The van der Waals surface area contributed by atoms with E-state index in [2.05, 4.69) is 25.7 Å². The minimum atomic E-state index is -0.0340. The Morgan fingerprint density at radius 1 is 0.532 bits per heavy atom. The SMILES string of the molecule is CCCCCCCCCCCCOCC(CN(CCCl)CCCCCC(=O)OCCCCCCCCCC)OCCCCCCCC. The van der Waals surface area contributed by atoms with Crippen molar-refractivity contribution in [2.24, 2.45) is 0 Å². The highest BCUT2D eigenvalue weighted by Crippen LogP contribution is 2.13. The van der Waals surface area contributed by atoms with Crippen molar-refractivity contribution in [3.8, 4) is 0 Å². The van der Waals surface area contributed by atoms with Crippen molar-refractivity contribution in [3.63, 3.8) is 0 Å². The molecule has 0 radical (unpaired) electrons. The molecule has 0 aliphatic heterocycles. The van der Waals surface area contributed by atoms with E-state index >= 15 is 0 Å². The standard InChI is InChI=1S/C41H82ClNO4/c1-4-7-10-13-16-18-19-20-22-28-35-45-39-40(46-36-29-23-15-12-9-6-3)38-43(34-32-42)33-27-25-26-31-41(44)47-37-30-24-21-17-14-11-8-5-2/h40H,4-39H2,1-3H3. The number of alkyl halides is 1. The fourth-order valence-electron chi connectivity index (χ4n) is 6.17. The van der Waals surface area contributed by atoms with Crippen molar-refractivity contribution in [3.05, 3.63) is 0 Å². The number of unbranched alkanes of at least 4 members (excludes halogenated alkanes) is 23. The average molecular weight is 689 g/mol. The number of ether oxygens (including phenoxy) is 3. The Hall–Kier alpha value is -0.360. The summed E-state index contributed by atoms with van der Waals surface area (Å²) in [6.45, 7) is 12.4. The molecule has 0 spiro atoms. The quantitative estimate of drug-likeness (QED) is 0.0364. The smallest absolute Gasteiger partial charge is 0.305 e. The Labute approximate surface area is 299 Å². The molecule has 5 nitrogen and oxygen atoms in total. The second-order valence-electron chi connectivity index (χ2n) is 14.0. The van der Waals surface area contributed by atoms with Gasteiger partial charge < -0.3 is 14.2 Å². The summed E-state index contributed by atoms with van der Waals surface area (Å²) in [5.74, 6) is 0.586. The molecule has 1 unspecified atom stereocenters. The molecule has 0 saturated carbocycles. The molecule has 0 aliphatic rings. The number of esters is 1. The van der Waals surface area contributed by atoms with Crippen molar-refractivity contribution < 1.29 is 19.0 Å². The Balaban J connectivity index is 4.25. The fraction of sp³-hybridized carbons (Fsp3) is 0.976. The summed E-state index contributed by atoms with van der Waals surface area (Å²) in [6, 6.07) is 0. The van der Waals surface area contributed by atoms with Gasteiger partial charge in [0.1, 0.15) is 0 Å². The van der Waals surface area contributed by atoms with Crippen molar-refractivity contribution >= 4 is 17.6 Å². The van der Waals surface area contributed by atoms with Crippen LogP contribution in [-0.2, 0) is 19.0 Å². The second-order valence-corrected chi connectivity index (χ2v) is 14.4. The zero-order valence-electron chi connectivity index (χ0n) is 32.0. The number of halogens is 1. The highest BCUT2D eigenvalue weighted by molar-refractivity contribution is 6.18. The van der Waals surface area contributed by atoms with Gasteiger partial charge in [0.2, 0.25) is 0 Å². The van der Waals surface area contributed by atoms with Crippen LogP contribution in [0.5, 0.6) is 0 Å². The lowest BCUT2D eigenvalue weighted by atomic mass is 10.1. The normalized spacial score (nSPS) is 12.3. The molecule has 0 aromatic rings. The fourth-order valence-corrected chi connectivity index (χ4v) is 6.41. The van der Waals surface area contributed by atoms with Gasteiger partial charge in [-0.2, -0.15) is 0 Å². The van der Waals surface area contributed by atoms with Crippen LogP contribution in [-0.4, -0.2) is 68.9 Å². The number of carbonyl (C=O) groups is 1. The first kappa shape index (κ1) is 46.6. The summed E-state index contributed by atoms with van der Waals surface area (Å²) in [4.78, 5) is 14.6. The predicted molar refractivity (Wildman–Crippen MR) is 205 cm³/mol. The van der Waals surface area contributed by atoms with E-state index in [4.69, 9.17) is 25.8 Å². The van der Waals surface area contributed by atoms with Gasteiger partial charge in [-0.05, 0) is 38.6 Å². The average Bonchev–Trinajstić information content (AvgIpc) is 3.07. The molecule has 282 valence electrons. The van der Waals surface area contributed by atoms with Crippen molar-refractivity contribution in [1.82, 2.24) is 4.90 Å². The first-order valence-corrected chi connectivity index (χ1v) is 21.3. The van der Waals surface area contributed by atoms with E-state index in [0.717, 1.165) is 71.4 Å². The predicted octanol–water partition coefficient (Wildman–Crippen LogP) is 12.5. The molecule has 0 bridgehead atoms. The van der Waals surface area contributed by atoms with E-state index in [1.54, 1.807) is 0 Å². The Kier molecular flexibility index (Phi) is 39.8. The van der Waals surface area contributed by atoms with Crippen LogP contribution in [0, 0.1) is 0 Å². The minimum Gasteiger partial charge on any atom is -0.466 e. The van der Waals surface area contributed by atoms with E-state index in [1.807, 2.05) is 0 Å². The molecule has 0 saturated heterocycles. The van der Waals surface area contributed by atoms with E-state index < -0.39 is 0 Å². The molecule has 0 rings (SSSR count). The van der Waals surface area contributed by atoms with E-state index in [-0.39, 0.29) is 12.1 Å². The minimum absolute atomic E-state index is 0.0340. The molecular formula is C41H82ClNO4. The van der Waals surface area contributed by atoms with Crippen LogP contribution in [0.1, 0.15) is 201 Å². The first-order chi connectivity index (χ1) is 23.2. The second kappa shape index (κ2) is 40.1. The van der Waals surface area contributed by atoms with E-state index in [0.29, 0.717) is 25.5 Å². The molecule has 1 atom stereocenters. The number of nitrogens with zero attached hydrogens (tertiary/aromatic N) is 1.